The molecule has 23 heavy (non-hydrogen) atoms. The van der Waals surface area contributed by atoms with Gasteiger partial charge in [-0.3, -0.25) is 9.69 Å². The van der Waals surface area contributed by atoms with Gasteiger partial charge in [0.15, 0.2) is 11.6 Å². The predicted octanol–water partition coefficient (Wildman–Crippen LogP) is 2.81. The molecule has 0 unspecified atom stereocenters. The summed E-state index contributed by atoms with van der Waals surface area (Å²) in [6.07, 6.45) is 4.43. The van der Waals surface area contributed by atoms with E-state index in [1.165, 1.54) is 7.11 Å². The highest BCUT2D eigenvalue weighted by Gasteiger charge is 2.38. The topological polar surface area (TPSA) is 32.8 Å². The lowest BCUT2D eigenvalue weighted by molar-refractivity contribution is -0.130. The van der Waals surface area contributed by atoms with Crippen LogP contribution in [0.15, 0.2) is 18.2 Å². The fourth-order valence-electron chi connectivity index (χ4n) is 4.11. The number of nitrogens with zero attached hydrogens (tertiary/aromatic N) is 2. The summed E-state index contributed by atoms with van der Waals surface area (Å²) in [6, 6.07) is 5.89. The van der Waals surface area contributed by atoms with E-state index in [2.05, 4.69) is 4.90 Å². The molecule has 2 heterocycles. The van der Waals surface area contributed by atoms with Gasteiger partial charge in [0.05, 0.1) is 7.11 Å². The second-order valence-corrected chi connectivity index (χ2v) is 6.57. The van der Waals surface area contributed by atoms with Crippen LogP contribution >= 0.6 is 0 Å². The maximum absolute atomic E-state index is 13.9. The minimum absolute atomic E-state index is 0.176. The first-order valence-corrected chi connectivity index (χ1v) is 8.44. The number of ether oxygens (including phenoxy) is 1. The zero-order valence-electron chi connectivity index (χ0n) is 13.9. The summed E-state index contributed by atoms with van der Waals surface area (Å²) < 4.78 is 18.9. The van der Waals surface area contributed by atoms with Crippen LogP contribution in [-0.2, 0) is 11.3 Å². The molecule has 5 heteroatoms. The first-order valence-electron chi connectivity index (χ1n) is 8.44. The summed E-state index contributed by atoms with van der Waals surface area (Å²) in [4.78, 5) is 16.3. The first-order chi connectivity index (χ1) is 11.1. The Labute approximate surface area is 137 Å². The lowest BCUT2D eigenvalue weighted by Gasteiger charge is -2.34. The van der Waals surface area contributed by atoms with Gasteiger partial charge in [0.1, 0.15) is 0 Å². The number of methoxy groups -OCH3 is 1. The van der Waals surface area contributed by atoms with E-state index in [0.717, 1.165) is 50.9 Å². The number of carbonyl (C=O) groups is 1. The van der Waals surface area contributed by atoms with Crippen molar-refractivity contribution in [2.24, 2.45) is 0 Å². The zero-order valence-corrected chi connectivity index (χ0v) is 13.9. The van der Waals surface area contributed by atoms with E-state index in [9.17, 15) is 9.18 Å². The van der Waals surface area contributed by atoms with E-state index in [-0.39, 0.29) is 17.5 Å². The molecule has 2 atom stereocenters. The van der Waals surface area contributed by atoms with Gasteiger partial charge >= 0.3 is 0 Å². The first kappa shape index (κ1) is 16.2. The van der Waals surface area contributed by atoms with Gasteiger partial charge in [-0.05, 0) is 49.9 Å². The number of amides is 1. The Balaban J connectivity index is 1.72. The van der Waals surface area contributed by atoms with E-state index >= 15 is 0 Å². The van der Waals surface area contributed by atoms with Crippen molar-refractivity contribution in [2.45, 2.75) is 51.2 Å². The van der Waals surface area contributed by atoms with Gasteiger partial charge in [-0.25, -0.2) is 4.39 Å². The van der Waals surface area contributed by atoms with Gasteiger partial charge in [0, 0.05) is 32.1 Å². The maximum atomic E-state index is 13.9. The largest absolute Gasteiger partial charge is 0.494 e. The molecule has 3 rings (SSSR count). The quantitative estimate of drug-likeness (QED) is 0.855. The molecule has 0 spiro atoms. The van der Waals surface area contributed by atoms with E-state index in [4.69, 9.17) is 4.74 Å². The fourth-order valence-corrected chi connectivity index (χ4v) is 4.11. The van der Waals surface area contributed by atoms with Crippen LogP contribution in [-0.4, -0.2) is 48.0 Å². The van der Waals surface area contributed by atoms with Gasteiger partial charge in [-0.1, -0.05) is 6.07 Å². The molecule has 126 valence electrons. The lowest BCUT2D eigenvalue weighted by Crippen LogP contribution is -2.47. The van der Waals surface area contributed by atoms with E-state index in [0.29, 0.717) is 12.1 Å². The molecular formula is C18H25FN2O2. The number of hydrogen-bond acceptors (Lipinski definition) is 3. The van der Waals surface area contributed by atoms with Crippen molar-refractivity contribution in [1.29, 1.82) is 0 Å². The van der Waals surface area contributed by atoms with Crippen LogP contribution in [0.1, 0.15) is 38.2 Å². The van der Waals surface area contributed by atoms with Crippen LogP contribution in [0, 0.1) is 5.82 Å². The third kappa shape index (κ3) is 3.34. The summed E-state index contributed by atoms with van der Waals surface area (Å²) in [6.45, 7) is 4.28. The number of likely N-dealkylation sites (tertiary alicyclic amines) is 2. The highest BCUT2D eigenvalue weighted by atomic mass is 19.1. The molecule has 2 aliphatic heterocycles. The van der Waals surface area contributed by atoms with Crippen LogP contribution in [0.25, 0.3) is 0 Å². The molecule has 0 aromatic heterocycles. The van der Waals surface area contributed by atoms with Gasteiger partial charge in [-0.15, -0.1) is 0 Å². The monoisotopic (exact) mass is 320 g/mol. The van der Waals surface area contributed by atoms with Crippen LogP contribution in [0.5, 0.6) is 5.75 Å². The fraction of sp³-hybridized carbons (Fsp3) is 0.611. The molecule has 1 aromatic rings. The Bertz CT molecular complexity index is 578. The van der Waals surface area contributed by atoms with Gasteiger partial charge < -0.3 is 9.64 Å². The van der Waals surface area contributed by atoms with Gasteiger partial charge in [-0.2, -0.15) is 0 Å². The molecule has 1 aromatic carbocycles. The van der Waals surface area contributed by atoms with Crippen molar-refractivity contribution in [2.75, 3.05) is 20.2 Å². The minimum Gasteiger partial charge on any atom is -0.494 e. The van der Waals surface area contributed by atoms with Crippen LogP contribution < -0.4 is 4.74 Å². The molecule has 2 saturated heterocycles. The number of carbonyl (C=O) groups excluding carboxylic acids is 1. The van der Waals surface area contributed by atoms with Crippen molar-refractivity contribution in [3.05, 3.63) is 29.6 Å². The molecular weight excluding hydrogens is 295 g/mol. The molecule has 0 aliphatic carbocycles. The number of rotatable bonds is 4. The van der Waals surface area contributed by atoms with E-state index in [1.54, 1.807) is 19.1 Å². The zero-order chi connectivity index (χ0) is 16.4. The smallest absolute Gasteiger partial charge is 0.219 e. The Hall–Kier alpha value is -1.62. The molecule has 0 bridgehead atoms. The normalized spacial score (nSPS) is 25.1. The Kier molecular flexibility index (Phi) is 4.85. The molecule has 2 fully saturated rings. The summed E-state index contributed by atoms with van der Waals surface area (Å²) in [5, 5.41) is 0. The number of benzene rings is 1. The van der Waals surface area contributed by atoms with Gasteiger partial charge in [0.2, 0.25) is 5.91 Å². The summed E-state index contributed by atoms with van der Waals surface area (Å²) in [5.41, 5.74) is 0.961. The van der Waals surface area contributed by atoms with Crippen LogP contribution in [0.2, 0.25) is 0 Å². The van der Waals surface area contributed by atoms with Crippen molar-refractivity contribution in [3.8, 4) is 5.75 Å². The van der Waals surface area contributed by atoms with Crippen molar-refractivity contribution >= 4 is 5.91 Å². The van der Waals surface area contributed by atoms with E-state index < -0.39 is 0 Å². The Morgan fingerprint density at radius 3 is 2.70 bits per heavy atom. The number of hydrogen-bond donors (Lipinski definition) is 0. The number of halogens is 1. The Morgan fingerprint density at radius 2 is 2.00 bits per heavy atom. The summed E-state index contributed by atoms with van der Waals surface area (Å²) >= 11 is 0. The summed E-state index contributed by atoms with van der Waals surface area (Å²) in [5.74, 6) is 0.145. The third-order valence-corrected chi connectivity index (χ3v) is 5.16. The molecule has 4 nitrogen and oxygen atoms in total. The van der Waals surface area contributed by atoms with Crippen molar-refractivity contribution in [1.82, 2.24) is 9.80 Å². The highest BCUT2D eigenvalue weighted by Crippen LogP contribution is 2.31. The second-order valence-electron chi connectivity index (χ2n) is 6.57. The third-order valence-electron chi connectivity index (χ3n) is 5.16. The van der Waals surface area contributed by atoms with Crippen molar-refractivity contribution < 1.29 is 13.9 Å². The molecule has 1 amide bonds. The molecule has 0 radical (unpaired) electrons. The molecule has 0 N–H and O–H groups in total. The van der Waals surface area contributed by atoms with Crippen LogP contribution in [0.4, 0.5) is 4.39 Å². The van der Waals surface area contributed by atoms with Crippen molar-refractivity contribution in [3.63, 3.8) is 0 Å². The molecule has 2 aliphatic rings. The SMILES string of the molecule is COc1ccc(CN2CCC[C@@H]2[C@H]2CCCN2C(C)=O)cc1F. The maximum Gasteiger partial charge on any atom is 0.219 e. The van der Waals surface area contributed by atoms with Gasteiger partial charge in [0.25, 0.3) is 0 Å². The lowest BCUT2D eigenvalue weighted by atomic mass is 10.0. The predicted molar refractivity (Wildman–Crippen MR) is 86.8 cm³/mol. The average Bonchev–Trinajstić information content (AvgIpc) is 3.15. The molecule has 0 saturated carbocycles. The highest BCUT2D eigenvalue weighted by molar-refractivity contribution is 5.74. The second kappa shape index (κ2) is 6.87. The van der Waals surface area contributed by atoms with E-state index in [1.807, 2.05) is 11.0 Å². The standard InChI is InChI=1S/C18H25FN2O2/c1-13(22)21-10-4-6-17(21)16-5-3-9-20(16)12-14-7-8-18(23-2)15(19)11-14/h7-8,11,16-17H,3-6,9-10,12H2,1-2H3/t16-,17-/m1/s1. The summed E-state index contributed by atoms with van der Waals surface area (Å²) in [7, 11) is 1.48. The average molecular weight is 320 g/mol. The minimum atomic E-state index is -0.313. The Morgan fingerprint density at radius 1 is 1.26 bits per heavy atom. The van der Waals surface area contributed by atoms with Crippen LogP contribution in [0.3, 0.4) is 0 Å².